The SMILES string of the molecule is CN1CCCC1C(=O)OC(=O)C(C)(C)C. The highest BCUT2D eigenvalue weighted by Gasteiger charge is 2.33. The van der Waals surface area contributed by atoms with Crippen molar-refractivity contribution >= 4 is 11.9 Å². The average molecular weight is 213 g/mol. The van der Waals surface area contributed by atoms with Gasteiger partial charge >= 0.3 is 11.9 Å². The van der Waals surface area contributed by atoms with Crippen molar-refractivity contribution in [2.45, 2.75) is 39.7 Å². The third-order valence-corrected chi connectivity index (χ3v) is 2.60. The Balaban J connectivity index is 2.52. The maximum atomic E-state index is 11.6. The first-order valence-electron chi connectivity index (χ1n) is 5.29. The number of carbonyl (C=O) groups is 2. The standard InChI is InChI=1S/C11H19NO3/c1-11(2,3)10(14)15-9(13)8-6-5-7-12(8)4/h8H,5-7H2,1-4H3. The van der Waals surface area contributed by atoms with Crippen molar-refractivity contribution in [3.05, 3.63) is 0 Å². The molecule has 1 atom stereocenters. The van der Waals surface area contributed by atoms with Gasteiger partial charge in [-0.15, -0.1) is 0 Å². The average Bonchev–Trinajstić information content (AvgIpc) is 2.49. The topological polar surface area (TPSA) is 46.6 Å². The van der Waals surface area contributed by atoms with Gasteiger partial charge in [0.15, 0.2) is 0 Å². The molecule has 0 bridgehead atoms. The minimum Gasteiger partial charge on any atom is -0.392 e. The molecule has 1 aliphatic rings. The maximum Gasteiger partial charge on any atom is 0.331 e. The number of carbonyl (C=O) groups excluding carboxylic acids is 2. The first-order chi connectivity index (χ1) is 6.82. The van der Waals surface area contributed by atoms with E-state index < -0.39 is 17.4 Å². The molecule has 0 amide bonds. The number of nitrogens with zero attached hydrogens (tertiary/aromatic N) is 1. The van der Waals surface area contributed by atoms with Gasteiger partial charge in [0, 0.05) is 0 Å². The summed E-state index contributed by atoms with van der Waals surface area (Å²) in [6.45, 7) is 6.10. The van der Waals surface area contributed by atoms with Gasteiger partial charge in [-0.1, -0.05) is 0 Å². The first kappa shape index (κ1) is 12.2. The van der Waals surface area contributed by atoms with Crippen LogP contribution in [-0.2, 0) is 14.3 Å². The van der Waals surface area contributed by atoms with E-state index in [1.54, 1.807) is 20.8 Å². The van der Waals surface area contributed by atoms with Gasteiger partial charge < -0.3 is 4.74 Å². The van der Waals surface area contributed by atoms with E-state index in [4.69, 9.17) is 4.74 Å². The molecule has 4 nitrogen and oxygen atoms in total. The molecule has 0 aromatic carbocycles. The van der Waals surface area contributed by atoms with Crippen molar-refractivity contribution in [2.24, 2.45) is 5.41 Å². The number of esters is 2. The Morgan fingerprint density at radius 1 is 1.33 bits per heavy atom. The molecule has 1 rings (SSSR count). The van der Waals surface area contributed by atoms with Gasteiger partial charge in [-0.3, -0.25) is 9.69 Å². The van der Waals surface area contributed by atoms with Crippen molar-refractivity contribution in [3.8, 4) is 0 Å². The molecular formula is C11H19NO3. The molecule has 1 heterocycles. The molecule has 1 aliphatic heterocycles. The molecule has 1 saturated heterocycles. The van der Waals surface area contributed by atoms with Gasteiger partial charge in [-0.05, 0) is 47.2 Å². The van der Waals surface area contributed by atoms with E-state index in [2.05, 4.69) is 0 Å². The summed E-state index contributed by atoms with van der Waals surface area (Å²) in [7, 11) is 1.88. The van der Waals surface area contributed by atoms with Gasteiger partial charge in [0.25, 0.3) is 0 Å². The molecule has 15 heavy (non-hydrogen) atoms. The monoisotopic (exact) mass is 213 g/mol. The van der Waals surface area contributed by atoms with E-state index in [1.807, 2.05) is 11.9 Å². The van der Waals surface area contributed by atoms with Crippen LogP contribution in [0.2, 0.25) is 0 Å². The third-order valence-electron chi connectivity index (χ3n) is 2.60. The molecule has 0 radical (unpaired) electrons. The van der Waals surface area contributed by atoms with Crippen molar-refractivity contribution in [1.82, 2.24) is 4.90 Å². The van der Waals surface area contributed by atoms with Gasteiger partial charge in [0.1, 0.15) is 6.04 Å². The fourth-order valence-electron chi connectivity index (χ4n) is 1.52. The van der Waals surface area contributed by atoms with Crippen LogP contribution in [0.25, 0.3) is 0 Å². The van der Waals surface area contributed by atoms with E-state index in [0.29, 0.717) is 0 Å². The van der Waals surface area contributed by atoms with E-state index in [-0.39, 0.29) is 6.04 Å². The normalized spacial score (nSPS) is 22.8. The van der Waals surface area contributed by atoms with Gasteiger partial charge in [0.05, 0.1) is 5.41 Å². The lowest BCUT2D eigenvalue weighted by Gasteiger charge is -2.20. The molecule has 0 aromatic heterocycles. The van der Waals surface area contributed by atoms with Gasteiger partial charge in [-0.25, -0.2) is 4.79 Å². The summed E-state index contributed by atoms with van der Waals surface area (Å²) in [5.74, 6) is -0.859. The first-order valence-corrected chi connectivity index (χ1v) is 5.29. The number of hydrogen-bond acceptors (Lipinski definition) is 4. The highest BCUT2D eigenvalue weighted by atomic mass is 16.6. The van der Waals surface area contributed by atoms with Crippen LogP contribution < -0.4 is 0 Å². The molecule has 1 fully saturated rings. The Morgan fingerprint density at radius 3 is 2.33 bits per heavy atom. The molecule has 0 aliphatic carbocycles. The summed E-state index contributed by atoms with van der Waals surface area (Å²) in [6.07, 6.45) is 1.77. The zero-order chi connectivity index (χ0) is 11.6. The molecule has 0 spiro atoms. The van der Waals surface area contributed by atoms with Crippen LogP contribution >= 0.6 is 0 Å². The van der Waals surface area contributed by atoms with E-state index in [1.165, 1.54) is 0 Å². The molecule has 4 heteroatoms. The van der Waals surface area contributed by atoms with E-state index in [0.717, 1.165) is 19.4 Å². The Labute approximate surface area is 90.6 Å². The molecule has 1 unspecified atom stereocenters. The quantitative estimate of drug-likeness (QED) is 0.485. The lowest BCUT2D eigenvalue weighted by Crippen LogP contribution is -2.37. The predicted octanol–water partition coefficient (Wildman–Crippen LogP) is 1.20. The number of ether oxygens (including phenoxy) is 1. The summed E-state index contributed by atoms with van der Waals surface area (Å²) in [4.78, 5) is 25.0. The minimum absolute atomic E-state index is 0.240. The second kappa shape index (κ2) is 4.31. The Morgan fingerprint density at radius 2 is 1.93 bits per heavy atom. The smallest absolute Gasteiger partial charge is 0.331 e. The highest BCUT2D eigenvalue weighted by molar-refractivity contribution is 5.90. The van der Waals surface area contributed by atoms with Crippen molar-refractivity contribution in [3.63, 3.8) is 0 Å². The Hall–Kier alpha value is -0.900. The summed E-state index contributed by atoms with van der Waals surface area (Å²) in [5.41, 5.74) is -0.618. The van der Waals surface area contributed by atoms with Crippen LogP contribution in [0.1, 0.15) is 33.6 Å². The molecular weight excluding hydrogens is 194 g/mol. The summed E-state index contributed by atoms with van der Waals surface area (Å²) < 4.78 is 4.85. The predicted molar refractivity (Wildman–Crippen MR) is 56.2 cm³/mol. The van der Waals surface area contributed by atoms with Crippen LogP contribution in [-0.4, -0.2) is 36.5 Å². The summed E-state index contributed by atoms with van der Waals surface area (Å²) >= 11 is 0. The van der Waals surface area contributed by atoms with Crippen LogP contribution in [0.15, 0.2) is 0 Å². The van der Waals surface area contributed by atoms with Gasteiger partial charge in [-0.2, -0.15) is 0 Å². The maximum absolute atomic E-state index is 11.6. The van der Waals surface area contributed by atoms with Gasteiger partial charge in [0.2, 0.25) is 0 Å². The Bertz CT molecular complexity index is 267. The largest absolute Gasteiger partial charge is 0.392 e. The van der Waals surface area contributed by atoms with Crippen LogP contribution in [0.4, 0.5) is 0 Å². The second-order valence-electron chi connectivity index (χ2n) is 5.10. The zero-order valence-corrected chi connectivity index (χ0v) is 9.87. The minimum atomic E-state index is -0.618. The van der Waals surface area contributed by atoms with Crippen LogP contribution in [0.5, 0.6) is 0 Å². The van der Waals surface area contributed by atoms with E-state index >= 15 is 0 Å². The van der Waals surface area contributed by atoms with Crippen LogP contribution in [0, 0.1) is 5.41 Å². The van der Waals surface area contributed by atoms with Crippen molar-refractivity contribution in [1.29, 1.82) is 0 Å². The molecule has 0 saturated carbocycles. The molecule has 0 N–H and O–H groups in total. The zero-order valence-electron chi connectivity index (χ0n) is 9.87. The van der Waals surface area contributed by atoms with Crippen molar-refractivity contribution in [2.75, 3.05) is 13.6 Å². The third kappa shape index (κ3) is 3.02. The summed E-state index contributed by atoms with van der Waals surface area (Å²) in [5, 5.41) is 0. The highest BCUT2D eigenvalue weighted by Crippen LogP contribution is 2.19. The fraction of sp³-hybridized carbons (Fsp3) is 0.818. The summed E-state index contributed by atoms with van der Waals surface area (Å²) in [6, 6.07) is -0.240. The lowest BCUT2D eigenvalue weighted by molar-refractivity contribution is -0.168. The van der Waals surface area contributed by atoms with Crippen LogP contribution in [0.3, 0.4) is 0 Å². The van der Waals surface area contributed by atoms with E-state index in [9.17, 15) is 9.59 Å². The fourth-order valence-corrected chi connectivity index (χ4v) is 1.52. The lowest BCUT2D eigenvalue weighted by atomic mass is 9.97. The number of hydrogen-bond donors (Lipinski definition) is 0. The molecule has 86 valence electrons. The Kier molecular flexibility index (Phi) is 3.50. The molecule has 0 aromatic rings. The number of rotatable bonds is 1. The second-order valence-corrected chi connectivity index (χ2v) is 5.10. The van der Waals surface area contributed by atoms with Crippen molar-refractivity contribution < 1.29 is 14.3 Å². The number of likely N-dealkylation sites (tertiary alicyclic amines) is 1. The number of likely N-dealkylation sites (N-methyl/N-ethyl adjacent to an activating group) is 1.